The number of nitrogens with one attached hydrogen (secondary N) is 3. The number of nitrogens with zero attached hydrogens (tertiary/aromatic N) is 2. The molecule has 1 aromatic rings. The maximum absolute atomic E-state index is 11.9. The van der Waals surface area contributed by atoms with Gasteiger partial charge < -0.3 is 25.2 Å². The van der Waals surface area contributed by atoms with E-state index in [1.807, 2.05) is 27.7 Å². The van der Waals surface area contributed by atoms with E-state index in [9.17, 15) is 4.79 Å². The van der Waals surface area contributed by atoms with Gasteiger partial charge in [0.25, 0.3) is 0 Å². The van der Waals surface area contributed by atoms with Crippen LogP contribution in [0, 0.1) is 0 Å². The maximum atomic E-state index is 11.9. The van der Waals surface area contributed by atoms with Crippen LogP contribution in [0.2, 0.25) is 0 Å². The van der Waals surface area contributed by atoms with Crippen molar-refractivity contribution >= 4 is 12.1 Å². The van der Waals surface area contributed by atoms with Crippen molar-refractivity contribution in [3.05, 3.63) is 18.0 Å². The molecule has 0 aliphatic heterocycles. The van der Waals surface area contributed by atoms with Crippen molar-refractivity contribution in [3.8, 4) is 0 Å². The van der Waals surface area contributed by atoms with Gasteiger partial charge in [-0.25, -0.2) is 9.79 Å². The zero-order valence-electron chi connectivity index (χ0n) is 16.2. The van der Waals surface area contributed by atoms with E-state index in [4.69, 9.17) is 9.26 Å². The summed E-state index contributed by atoms with van der Waals surface area (Å²) in [5, 5.41) is 13.6. The van der Waals surface area contributed by atoms with Gasteiger partial charge >= 0.3 is 6.09 Å². The minimum atomic E-state index is -0.468. The predicted molar refractivity (Wildman–Crippen MR) is 99.9 cm³/mol. The summed E-state index contributed by atoms with van der Waals surface area (Å²) in [4.78, 5) is 16.4. The van der Waals surface area contributed by atoms with Gasteiger partial charge in [0.2, 0.25) is 0 Å². The van der Waals surface area contributed by atoms with Gasteiger partial charge in [0.05, 0.1) is 6.54 Å². The number of guanidine groups is 1. The van der Waals surface area contributed by atoms with Gasteiger partial charge in [0, 0.05) is 24.7 Å². The second-order valence-electron chi connectivity index (χ2n) is 7.53. The Morgan fingerprint density at radius 2 is 1.92 bits per heavy atom. The normalized spacial score (nSPS) is 21.2. The average molecular weight is 365 g/mol. The van der Waals surface area contributed by atoms with E-state index in [-0.39, 0.29) is 12.1 Å². The second kappa shape index (κ2) is 9.45. The molecule has 2 rings (SSSR count). The molecular weight excluding hydrogens is 334 g/mol. The third kappa shape index (κ3) is 7.33. The molecule has 8 nitrogen and oxygen atoms in total. The molecule has 26 heavy (non-hydrogen) atoms. The van der Waals surface area contributed by atoms with Gasteiger partial charge in [-0.05, 0) is 53.4 Å². The van der Waals surface area contributed by atoms with Crippen LogP contribution in [-0.4, -0.2) is 41.4 Å². The summed E-state index contributed by atoms with van der Waals surface area (Å²) in [6.45, 7) is 8.91. The van der Waals surface area contributed by atoms with Gasteiger partial charge in [-0.3, -0.25) is 0 Å². The molecule has 0 unspecified atom stereocenters. The van der Waals surface area contributed by atoms with Crippen molar-refractivity contribution < 1.29 is 14.1 Å². The van der Waals surface area contributed by atoms with E-state index in [1.165, 1.54) is 0 Å². The third-order valence-electron chi connectivity index (χ3n) is 4.02. The molecule has 1 aliphatic carbocycles. The van der Waals surface area contributed by atoms with Crippen molar-refractivity contribution in [2.45, 2.75) is 77.6 Å². The second-order valence-corrected chi connectivity index (χ2v) is 7.53. The first-order chi connectivity index (χ1) is 12.4. The fourth-order valence-electron chi connectivity index (χ4n) is 2.85. The first-order valence-corrected chi connectivity index (χ1v) is 9.29. The monoisotopic (exact) mass is 365 g/mol. The summed E-state index contributed by atoms with van der Waals surface area (Å²) < 4.78 is 10.1. The molecule has 8 heteroatoms. The van der Waals surface area contributed by atoms with Gasteiger partial charge in [0.1, 0.15) is 17.6 Å². The Kier molecular flexibility index (Phi) is 7.29. The van der Waals surface area contributed by atoms with E-state index < -0.39 is 5.60 Å². The number of hydrogen-bond donors (Lipinski definition) is 3. The number of hydrogen-bond acceptors (Lipinski definition) is 5. The predicted octanol–water partition coefficient (Wildman–Crippen LogP) is 2.57. The first kappa shape index (κ1) is 20.1. The van der Waals surface area contributed by atoms with E-state index in [1.54, 1.807) is 12.3 Å². The highest BCUT2D eigenvalue weighted by Crippen LogP contribution is 2.19. The topological polar surface area (TPSA) is 101 Å². The number of carbonyl (C=O) groups excluding carboxylic acids is 1. The first-order valence-electron chi connectivity index (χ1n) is 9.29. The minimum absolute atomic E-state index is 0.164. The van der Waals surface area contributed by atoms with Crippen LogP contribution >= 0.6 is 0 Å². The summed E-state index contributed by atoms with van der Waals surface area (Å²) in [5.41, 5.74) is 0.330. The van der Waals surface area contributed by atoms with Crippen molar-refractivity contribution in [1.82, 2.24) is 21.1 Å². The van der Waals surface area contributed by atoms with E-state index in [2.05, 4.69) is 26.1 Å². The Labute approximate surface area is 155 Å². The van der Waals surface area contributed by atoms with Crippen LogP contribution in [-0.2, 0) is 11.3 Å². The van der Waals surface area contributed by atoms with Gasteiger partial charge in [-0.2, -0.15) is 0 Å². The Hall–Kier alpha value is -2.25. The molecule has 146 valence electrons. The van der Waals surface area contributed by atoms with Gasteiger partial charge in [-0.1, -0.05) is 5.16 Å². The number of rotatable bonds is 5. The summed E-state index contributed by atoms with van der Waals surface area (Å²) in [6, 6.07) is 2.31. The quantitative estimate of drug-likeness (QED) is 0.548. The van der Waals surface area contributed by atoms with Crippen LogP contribution in [0.15, 0.2) is 21.8 Å². The highest BCUT2D eigenvalue weighted by Gasteiger charge is 2.25. The molecule has 1 aliphatic rings. The molecule has 0 radical (unpaired) electrons. The molecule has 1 saturated carbocycles. The van der Waals surface area contributed by atoms with Gasteiger partial charge in [0.15, 0.2) is 5.96 Å². The number of aliphatic imine (C=N–C) groups is 1. The molecule has 0 bridgehead atoms. The molecule has 1 heterocycles. The van der Waals surface area contributed by atoms with Crippen LogP contribution in [0.5, 0.6) is 0 Å². The van der Waals surface area contributed by atoms with Gasteiger partial charge in [-0.15, -0.1) is 0 Å². The molecule has 0 aromatic carbocycles. The van der Waals surface area contributed by atoms with Crippen LogP contribution < -0.4 is 16.0 Å². The highest BCUT2D eigenvalue weighted by molar-refractivity contribution is 5.80. The fraction of sp³-hybridized carbons (Fsp3) is 0.722. The number of carbonyl (C=O) groups is 1. The fourth-order valence-corrected chi connectivity index (χ4v) is 2.85. The van der Waals surface area contributed by atoms with E-state index >= 15 is 0 Å². The largest absolute Gasteiger partial charge is 0.444 e. The summed E-state index contributed by atoms with van der Waals surface area (Å²) in [5.74, 6) is 0.777. The molecule has 1 fully saturated rings. The standard InChI is InChI=1S/C18H31N5O3/c1-5-19-16(20-12-15-10-11-25-23-15)21-13-6-8-14(9-7-13)22-17(24)26-18(2,3)4/h10-11,13-14H,5-9,12H2,1-4H3,(H,22,24)(H2,19,20,21). The Morgan fingerprint density at radius 1 is 1.27 bits per heavy atom. The lowest BCUT2D eigenvalue weighted by Gasteiger charge is -2.31. The highest BCUT2D eigenvalue weighted by atomic mass is 16.6. The van der Waals surface area contributed by atoms with Crippen LogP contribution in [0.3, 0.4) is 0 Å². The number of alkyl carbamates (subject to hydrolysis) is 1. The van der Waals surface area contributed by atoms with Crippen molar-refractivity contribution in [1.29, 1.82) is 0 Å². The molecule has 0 saturated heterocycles. The number of aromatic nitrogens is 1. The summed E-state index contributed by atoms with van der Waals surface area (Å²) >= 11 is 0. The minimum Gasteiger partial charge on any atom is -0.444 e. The lowest BCUT2D eigenvalue weighted by molar-refractivity contribution is 0.0490. The van der Waals surface area contributed by atoms with Crippen LogP contribution in [0.1, 0.15) is 59.1 Å². The lowest BCUT2D eigenvalue weighted by atomic mass is 9.91. The zero-order valence-corrected chi connectivity index (χ0v) is 16.2. The van der Waals surface area contributed by atoms with E-state index in [0.717, 1.165) is 43.9 Å². The SMILES string of the molecule is CCNC(=NCc1ccon1)NC1CCC(NC(=O)OC(C)(C)C)CC1. The Balaban J connectivity index is 1.77. The van der Waals surface area contributed by atoms with Crippen LogP contribution in [0.25, 0.3) is 0 Å². The van der Waals surface area contributed by atoms with Crippen molar-refractivity contribution in [3.63, 3.8) is 0 Å². The molecule has 3 N–H and O–H groups in total. The van der Waals surface area contributed by atoms with Crippen LogP contribution in [0.4, 0.5) is 4.79 Å². The van der Waals surface area contributed by atoms with E-state index in [0.29, 0.717) is 12.6 Å². The summed E-state index contributed by atoms with van der Waals surface area (Å²) in [6.07, 6.45) is 4.98. The Morgan fingerprint density at radius 3 is 2.46 bits per heavy atom. The molecule has 0 spiro atoms. The molecular formula is C18H31N5O3. The maximum Gasteiger partial charge on any atom is 0.407 e. The molecule has 1 amide bonds. The zero-order chi connectivity index (χ0) is 19.0. The Bertz CT molecular complexity index is 572. The average Bonchev–Trinajstić information content (AvgIpc) is 3.06. The smallest absolute Gasteiger partial charge is 0.407 e. The molecule has 1 aromatic heterocycles. The van der Waals surface area contributed by atoms with Crippen molar-refractivity contribution in [2.75, 3.05) is 6.54 Å². The third-order valence-corrected chi connectivity index (χ3v) is 4.02. The van der Waals surface area contributed by atoms with Crippen molar-refractivity contribution in [2.24, 2.45) is 4.99 Å². The number of amides is 1. The lowest BCUT2D eigenvalue weighted by Crippen LogP contribution is -2.48. The summed E-state index contributed by atoms with van der Waals surface area (Å²) in [7, 11) is 0. The molecule has 0 atom stereocenters. The number of ether oxygens (including phenoxy) is 1.